The summed E-state index contributed by atoms with van der Waals surface area (Å²) in [5.74, 6) is 0.111. The molecule has 3 rings (SSSR count). The highest BCUT2D eigenvalue weighted by Crippen LogP contribution is 2.30. The molecule has 5 heteroatoms. The summed E-state index contributed by atoms with van der Waals surface area (Å²) in [5.41, 5.74) is 1.84. The predicted molar refractivity (Wildman–Crippen MR) is 95.9 cm³/mol. The molecule has 1 aliphatic rings. The lowest BCUT2D eigenvalue weighted by Crippen LogP contribution is -2.62. The van der Waals surface area contributed by atoms with Crippen molar-refractivity contribution in [2.24, 2.45) is 5.41 Å². The van der Waals surface area contributed by atoms with Gasteiger partial charge in [0.2, 0.25) is 5.91 Å². The van der Waals surface area contributed by atoms with Crippen LogP contribution >= 0.6 is 11.6 Å². The lowest BCUT2D eigenvalue weighted by molar-refractivity contribution is -0.134. The molecule has 0 bridgehead atoms. The van der Waals surface area contributed by atoms with Gasteiger partial charge in [0, 0.05) is 30.5 Å². The Morgan fingerprint density at radius 3 is 2.46 bits per heavy atom. The number of benzene rings is 1. The number of rotatable bonds is 6. The van der Waals surface area contributed by atoms with E-state index < -0.39 is 0 Å². The van der Waals surface area contributed by atoms with Crippen LogP contribution in [0.5, 0.6) is 0 Å². The molecule has 1 fully saturated rings. The van der Waals surface area contributed by atoms with Crippen LogP contribution in [-0.2, 0) is 11.2 Å². The van der Waals surface area contributed by atoms with E-state index in [0.29, 0.717) is 18.1 Å². The standard InChI is InChI=1S/C19H22ClN3O/c1-2-17(15-7-9-21-10-8-15)23-18(24)19(12-22-13-19)11-14-3-5-16(20)6-4-14/h3-10,17,22H,2,11-13H2,1H3,(H,23,24). The van der Waals surface area contributed by atoms with Gasteiger partial charge in [0.15, 0.2) is 0 Å². The van der Waals surface area contributed by atoms with Gasteiger partial charge in [0.05, 0.1) is 11.5 Å². The lowest BCUT2D eigenvalue weighted by Gasteiger charge is -2.42. The number of hydrogen-bond acceptors (Lipinski definition) is 3. The summed E-state index contributed by atoms with van der Waals surface area (Å²) in [6, 6.07) is 11.7. The number of nitrogens with zero attached hydrogens (tertiary/aromatic N) is 1. The van der Waals surface area contributed by atoms with Gasteiger partial charge in [0.1, 0.15) is 0 Å². The van der Waals surface area contributed by atoms with Crippen molar-refractivity contribution in [3.8, 4) is 0 Å². The Labute approximate surface area is 147 Å². The third-order valence-corrected chi connectivity index (χ3v) is 4.94. The Kier molecular flexibility index (Phi) is 5.17. The second-order valence-corrected chi connectivity index (χ2v) is 6.84. The zero-order chi connectivity index (χ0) is 17.0. The summed E-state index contributed by atoms with van der Waals surface area (Å²) in [4.78, 5) is 17.0. The van der Waals surface area contributed by atoms with Crippen molar-refractivity contribution >= 4 is 17.5 Å². The minimum atomic E-state index is -0.381. The van der Waals surface area contributed by atoms with Crippen molar-refractivity contribution in [3.63, 3.8) is 0 Å². The van der Waals surface area contributed by atoms with Gasteiger partial charge in [-0.05, 0) is 48.2 Å². The molecular formula is C19H22ClN3O. The smallest absolute Gasteiger partial charge is 0.229 e. The Bertz CT molecular complexity index is 684. The van der Waals surface area contributed by atoms with Crippen LogP contribution in [0.25, 0.3) is 0 Å². The molecule has 126 valence electrons. The molecule has 0 saturated carbocycles. The van der Waals surface area contributed by atoms with Crippen LogP contribution in [-0.4, -0.2) is 24.0 Å². The minimum absolute atomic E-state index is 0.0168. The minimum Gasteiger partial charge on any atom is -0.349 e. The van der Waals surface area contributed by atoms with Gasteiger partial charge in [-0.2, -0.15) is 0 Å². The van der Waals surface area contributed by atoms with E-state index in [0.717, 1.165) is 24.0 Å². The first kappa shape index (κ1) is 16.9. The zero-order valence-electron chi connectivity index (χ0n) is 13.8. The molecule has 1 unspecified atom stereocenters. The molecule has 1 amide bonds. The average Bonchev–Trinajstić information content (AvgIpc) is 2.58. The first-order valence-corrected chi connectivity index (χ1v) is 8.67. The highest BCUT2D eigenvalue weighted by Gasteiger charge is 2.44. The summed E-state index contributed by atoms with van der Waals surface area (Å²) in [6.45, 7) is 3.48. The van der Waals surface area contributed by atoms with Crippen LogP contribution in [0.3, 0.4) is 0 Å². The van der Waals surface area contributed by atoms with Crippen molar-refractivity contribution in [2.75, 3.05) is 13.1 Å². The Balaban J connectivity index is 1.72. The maximum Gasteiger partial charge on any atom is 0.229 e. The fourth-order valence-electron chi connectivity index (χ4n) is 3.11. The molecule has 4 nitrogen and oxygen atoms in total. The van der Waals surface area contributed by atoms with E-state index >= 15 is 0 Å². The molecule has 1 aromatic heterocycles. The maximum atomic E-state index is 13.0. The number of pyridine rings is 1. The van der Waals surface area contributed by atoms with Crippen LogP contribution in [0, 0.1) is 5.41 Å². The molecule has 1 atom stereocenters. The molecular weight excluding hydrogens is 322 g/mol. The molecule has 0 radical (unpaired) electrons. The fraction of sp³-hybridized carbons (Fsp3) is 0.368. The number of nitrogens with one attached hydrogen (secondary N) is 2. The number of aromatic nitrogens is 1. The second-order valence-electron chi connectivity index (χ2n) is 6.40. The van der Waals surface area contributed by atoms with Gasteiger partial charge in [-0.3, -0.25) is 9.78 Å². The van der Waals surface area contributed by atoms with E-state index in [9.17, 15) is 4.79 Å². The molecule has 24 heavy (non-hydrogen) atoms. The van der Waals surface area contributed by atoms with Crippen LogP contribution < -0.4 is 10.6 Å². The number of halogens is 1. The van der Waals surface area contributed by atoms with E-state index in [-0.39, 0.29) is 17.4 Å². The maximum absolute atomic E-state index is 13.0. The first-order chi connectivity index (χ1) is 11.6. The number of amides is 1. The van der Waals surface area contributed by atoms with E-state index in [1.807, 2.05) is 36.4 Å². The zero-order valence-corrected chi connectivity index (χ0v) is 14.5. The number of carbonyl (C=O) groups is 1. The Morgan fingerprint density at radius 2 is 1.92 bits per heavy atom. The van der Waals surface area contributed by atoms with Crippen LogP contribution in [0.4, 0.5) is 0 Å². The summed E-state index contributed by atoms with van der Waals surface area (Å²) in [6.07, 6.45) is 5.09. The molecule has 2 N–H and O–H groups in total. The van der Waals surface area contributed by atoms with Crippen molar-refractivity contribution in [1.82, 2.24) is 15.6 Å². The average molecular weight is 344 g/mol. The first-order valence-electron chi connectivity index (χ1n) is 8.29. The van der Waals surface area contributed by atoms with Crippen LogP contribution in [0.1, 0.15) is 30.5 Å². The van der Waals surface area contributed by atoms with Gasteiger partial charge in [-0.1, -0.05) is 30.7 Å². The molecule has 2 aromatic rings. The van der Waals surface area contributed by atoms with E-state index in [1.165, 1.54) is 0 Å². The largest absolute Gasteiger partial charge is 0.349 e. The van der Waals surface area contributed by atoms with Gasteiger partial charge >= 0.3 is 0 Å². The summed E-state index contributed by atoms with van der Waals surface area (Å²) in [7, 11) is 0. The van der Waals surface area contributed by atoms with Gasteiger partial charge in [-0.15, -0.1) is 0 Å². The quantitative estimate of drug-likeness (QED) is 0.847. The molecule has 1 aromatic carbocycles. The topological polar surface area (TPSA) is 54.0 Å². The number of hydrogen-bond donors (Lipinski definition) is 2. The van der Waals surface area contributed by atoms with Gasteiger partial charge in [-0.25, -0.2) is 0 Å². The van der Waals surface area contributed by atoms with Gasteiger partial charge in [0.25, 0.3) is 0 Å². The second kappa shape index (κ2) is 7.32. The Hall–Kier alpha value is -1.91. The van der Waals surface area contributed by atoms with E-state index in [2.05, 4.69) is 22.5 Å². The normalized spacial score (nSPS) is 16.9. The molecule has 1 saturated heterocycles. The SMILES string of the molecule is CCC(NC(=O)C1(Cc2ccc(Cl)cc2)CNC1)c1ccncc1. The fourth-order valence-corrected chi connectivity index (χ4v) is 3.24. The summed E-state index contributed by atoms with van der Waals surface area (Å²) < 4.78 is 0. The van der Waals surface area contributed by atoms with Crippen LogP contribution in [0.15, 0.2) is 48.8 Å². The van der Waals surface area contributed by atoms with E-state index in [1.54, 1.807) is 12.4 Å². The summed E-state index contributed by atoms with van der Waals surface area (Å²) in [5, 5.41) is 7.19. The summed E-state index contributed by atoms with van der Waals surface area (Å²) >= 11 is 5.95. The highest BCUT2D eigenvalue weighted by atomic mass is 35.5. The third-order valence-electron chi connectivity index (χ3n) is 4.69. The Morgan fingerprint density at radius 1 is 1.25 bits per heavy atom. The molecule has 0 spiro atoms. The lowest BCUT2D eigenvalue weighted by atomic mass is 9.75. The molecule has 0 aliphatic carbocycles. The van der Waals surface area contributed by atoms with E-state index in [4.69, 9.17) is 11.6 Å². The molecule has 2 heterocycles. The number of carbonyl (C=O) groups excluding carboxylic acids is 1. The van der Waals surface area contributed by atoms with Crippen molar-refractivity contribution in [3.05, 3.63) is 64.9 Å². The van der Waals surface area contributed by atoms with Crippen molar-refractivity contribution in [2.45, 2.75) is 25.8 Å². The molecule has 1 aliphatic heterocycles. The van der Waals surface area contributed by atoms with Crippen molar-refractivity contribution < 1.29 is 4.79 Å². The van der Waals surface area contributed by atoms with Crippen LogP contribution in [0.2, 0.25) is 5.02 Å². The van der Waals surface area contributed by atoms with Gasteiger partial charge < -0.3 is 10.6 Å². The third kappa shape index (κ3) is 3.60. The monoisotopic (exact) mass is 343 g/mol. The van der Waals surface area contributed by atoms with Crippen molar-refractivity contribution in [1.29, 1.82) is 0 Å². The predicted octanol–water partition coefficient (Wildman–Crippen LogP) is 3.13. The highest BCUT2D eigenvalue weighted by molar-refractivity contribution is 6.30.